The maximum atomic E-state index is 4.48. The van der Waals surface area contributed by atoms with Gasteiger partial charge in [-0.25, -0.2) is 0 Å². The molecule has 0 spiro atoms. The summed E-state index contributed by atoms with van der Waals surface area (Å²) < 4.78 is 2.45. The molecule has 0 unspecified atom stereocenters. The van der Waals surface area contributed by atoms with Crippen molar-refractivity contribution >= 4 is 42.5 Å². The van der Waals surface area contributed by atoms with Gasteiger partial charge < -0.3 is 0 Å². The SMILES string of the molecule is CN(c1ccccc1)P(Br)(c1ccccc1)(c1ccccc1)c1ccccc1. The molecule has 0 amide bonds. The van der Waals surface area contributed by atoms with Gasteiger partial charge >= 0.3 is 176 Å². The van der Waals surface area contributed by atoms with Gasteiger partial charge in [-0.05, 0) is 0 Å². The summed E-state index contributed by atoms with van der Waals surface area (Å²) in [7, 11) is 2.20. The predicted molar refractivity (Wildman–Crippen MR) is 129 cm³/mol. The third-order valence-electron chi connectivity index (χ3n) is 5.38. The molecule has 0 aliphatic heterocycles. The van der Waals surface area contributed by atoms with E-state index in [-0.39, 0.29) is 0 Å². The summed E-state index contributed by atoms with van der Waals surface area (Å²) >= 11 is 4.48. The third-order valence-corrected chi connectivity index (χ3v) is 15.6. The van der Waals surface area contributed by atoms with Crippen LogP contribution in [-0.4, -0.2) is 7.05 Å². The van der Waals surface area contributed by atoms with E-state index in [0.29, 0.717) is 0 Å². The molecule has 140 valence electrons. The van der Waals surface area contributed by atoms with Crippen LogP contribution in [0.4, 0.5) is 5.69 Å². The Morgan fingerprint density at radius 2 is 0.786 bits per heavy atom. The minimum absolute atomic E-state index is 1.17. The van der Waals surface area contributed by atoms with Crippen LogP contribution in [0.15, 0.2) is 121 Å². The van der Waals surface area contributed by atoms with Crippen molar-refractivity contribution in [1.29, 1.82) is 0 Å². The molecule has 0 heterocycles. The van der Waals surface area contributed by atoms with Gasteiger partial charge in [0.05, 0.1) is 0 Å². The van der Waals surface area contributed by atoms with E-state index in [9.17, 15) is 0 Å². The van der Waals surface area contributed by atoms with Crippen molar-refractivity contribution in [1.82, 2.24) is 0 Å². The second-order valence-corrected chi connectivity index (χ2v) is 15.1. The van der Waals surface area contributed by atoms with Crippen LogP contribution in [0.5, 0.6) is 0 Å². The minimum atomic E-state index is -3.14. The van der Waals surface area contributed by atoms with Crippen molar-refractivity contribution < 1.29 is 0 Å². The normalized spacial score (nSPS) is 12.7. The standard InChI is InChI=1S/C25H23BrNP/c1-27(22-14-6-2-7-15-22)28(26,23-16-8-3-9-17-23,24-18-10-4-11-19-24)25-20-12-5-13-21-25/h2-21H,1H3. The number of halogens is 1. The Labute approximate surface area is 175 Å². The Balaban J connectivity index is 2.16. The molecule has 3 heteroatoms. The summed E-state index contributed by atoms with van der Waals surface area (Å²) in [6, 6.07) is 43.1. The molecular weight excluding hydrogens is 425 g/mol. The molecule has 4 aromatic carbocycles. The van der Waals surface area contributed by atoms with Crippen LogP contribution in [0.2, 0.25) is 0 Å². The fraction of sp³-hybridized carbons (Fsp3) is 0.0400. The van der Waals surface area contributed by atoms with Crippen LogP contribution in [0.25, 0.3) is 0 Å². The quantitative estimate of drug-likeness (QED) is 0.345. The van der Waals surface area contributed by atoms with E-state index in [0.717, 1.165) is 0 Å². The molecule has 0 saturated carbocycles. The van der Waals surface area contributed by atoms with Crippen LogP contribution < -0.4 is 20.6 Å². The van der Waals surface area contributed by atoms with Gasteiger partial charge in [-0.2, -0.15) is 0 Å². The first-order chi connectivity index (χ1) is 13.7. The van der Waals surface area contributed by atoms with E-state index in [1.807, 2.05) is 0 Å². The Morgan fingerprint density at radius 1 is 0.500 bits per heavy atom. The first-order valence-corrected chi connectivity index (χ1v) is 13.6. The Bertz CT molecular complexity index is 937. The van der Waals surface area contributed by atoms with Crippen LogP contribution in [0.3, 0.4) is 0 Å². The van der Waals surface area contributed by atoms with E-state index in [4.69, 9.17) is 0 Å². The van der Waals surface area contributed by atoms with Crippen molar-refractivity contribution in [2.45, 2.75) is 0 Å². The van der Waals surface area contributed by atoms with Crippen molar-refractivity contribution in [3.8, 4) is 0 Å². The molecule has 0 N–H and O–H groups in total. The van der Waals surface area contributed by atoms with E-state index in [1.54, 1.807) is 0 Å². The molecule has 28 heavy (non-hydrogen) atoms. The fourth-order valence-electron chi connectivity index (χ4n) is 3.93. The Morgan fingerprint density at radius 3 is 1.11 bits per heavy atom. The zero-order chi connectivity index (χ0) is 19.5. The molecule has 1 nitrogen and oxygen atoms in total. The van der Waals surface area contributed by atoms with Gasteiger partial charge in [0.1, 0.15) is 0 Å². The number of benzene rings is 4. The monoisotopic (exact) mass is 447 g/mol. The van der Waals surface area contributed by atoms with Crippen molar-refractivity contribution in [3.63, 3.8) is 0 Å². The molecule has 4 aromatic rings. The van der Waals surface area contributed by atoms with Gasteiger partial charge in [0.25, 0.3) is 0 Å². The Hall–Kier alpha value is -2.41. The molecule has 0 radical (unpaired) electrons. The number of rotatable bonds is 5. The van der Waals surface area contributed by atoms with Crippen LogP contribution in [0, 0.1) is 0 Å². The molecule has 4 rings (SSSR count). The van der Waals surface area contributed by atoms with Gasteiger partial charge in [0.15, 0.2) is 0 Å². The van der Waals surface area contributed by atoms with E-state index in [2.05, 4.69) is 149 Å². The summed E-state index contributed by atoms with van der Waals surface area (Å²) in [5, 5.41) is 3.83. The van der Waals surface area contributed by atoms with E-state index < -0.39 is 5.46 Å². The molecule has 0 fully saturated rings. The van der Waals surface area contributed by atoms with Crippen molar-refractivity contribution in [3.05, 3.63) is 121 Å². The maximum absolute atomic E-state index is 4.48. The predicted octanol–water partition coefficient (Wildman–Crippen LogP) is 5.88. The van der Waals surface area contributed by atoms with Crippen LogP contribution in [-0.2, 0) is 0 Å². The van der Waals surface area contributed by atoms with Gasteiger partial charge in [-0.3, -0.25) is 0 Å². The second-order valence-electron chi connectivity index (χ2n) is 6.83. The first kappa shape index (κ1) is 18.9. The average Bonchev–Trinajstić information content (AvgIpc) is 2.80. The number of anilines is 1. The number of hydrogen-bond donors (Lipinski definition) is 0. The number of nitrogens with zero attached hydrogens (tertiary/aromatic N) is 1. The summed E-state index contributed by atoms with van der Waals surface area (Å²) in [5.41, 5.74) is -1.97. The molecule has 0 aromatic heterocycles. The summed E-state index contributed by atoms with van der Waals surface area (Å²) in [6.07, 6.45) is 0. The van der Waals surface area contributed by atoms with Gasteiger partial charge in [0.2, 0.25) is 0 Å². The van der Waals surface area contributed by atoms with Gasteiger partial charge in [-0.15, -0.1) is 0 Å². The van der Waals surface area contributed by atoms with Gasteiger partial charge in [0, 0.05) is 0 Å². The molecule has 0 bridgehead atoms. The first-order valence-electron chi connectivity index (χ1n) is 9.35. The topological polar surface area (TPSA) is 3.24 Å². The van der Waals surface area contributed by atoms with Crippen molar-refractivity contribution in [2.75, 3.05) is 11.7 Å². The van der Waals surface area contributed by atoms with Crippen LogP contribution >= 0.6 is 20.9 Å². The zero-order valence-corrected chi connectivity index (χ0v) is 18.3. The van der Waals surface area contributed by atoms with Gasteiger partial charge in [-0.1, -0.05) is 0 Å². The number of hydrogen-bond acceptors (Lipinski definition) is 1. The third kappa shape index (κ3) is 2.80. The van der Waals surface area contributed by atoms with E-state index in [1.165, 1.54) is 21.6 Å². The van der Waals surface area contributed by atoms with E-state index >= 15 is 0 Å². The molecule has 0 atom stereocenters. The fourth-order valence-corrected chi connectivity index (χ4v) is 11.3. The number of para-hydroxylation sites is 1. The van der Waals surface area contributed by atoms with Crippen LogP contribution in [0.1, 0.15) is 0 Å². The zero-order valence-electron chi connectivity index (χ0n) is 15.8. The molecule has 0 aliphatic rings. The Kier molecular flexibility index (Phi) is 5.10. The molecule has 0 saturated heterocycles. The molecule has 0 aliphatic carbocycles. The summed E-state index contributed by atoms with van der Waals surface area (Å²) in [5.74, 6) is 0. The average molecular weight is 448 g/mol. The summed E-state index contributed by atoms with van der Waals surface area (Å²) in [4.78, 5) is 0. The summed E-state index contributed by atoms with van der Waals surface area (Å²) in [6.45, 7) is 0. The van der Waals surface area contributed by atoms with Crippen molar-refractivity contribution in [2.24, 2.45) is 0 Å². The second kappa shape index (κ2) is 7.54. The molecular formula is C25H23BrNP.